The molecule has 0 aliphatic heterocycles. The van der Waals surface area contributed by atoms with Crippen LogP contribution in [0.2, 0.25) is 5.02 Å². The molecule has 0 saturated carbocycles. The Kier molecular flexibility index (Phi) is 4.47. The van der Waals surface area contributed by atoms with Gasteiger partial charge in [0.1, 0.15) is 0 Å². The molecule has 0 atom stereocenters. The van der Waals surface area contributed by atoms with Crippen molar-refractivity contribution in [3.05, 3.63) is 49.7 Å². The Morgan fingerprint density at radius 2 is 2.47 bits per heavy atom. The van der Waals surface area contributed by atoms with Crippen LogP contribution in [0.5, 0.6) is 0 Å². The topological polar surface area (TPSA) is 81.6 Å². The molecule has 0 aromatic carbocycles. The smallest absolute Gasteiger partial charge is 0.255 e. The highest BCUT2D eigenvalue weighted by molar-refractivity contribution is 6.30. The van der Waals surface area contributed by atoms with Gasteiger partial charge in [0.25, 0.3) is 5.56 Å². The van der Waals surface area contributed by atoms with E-state index in [0.717, 1.165) is 0 Å². The average molecular weight is 225 g/mol. The number of nitrogens with zero attached hydrogens (tertiary/aromatic N) is 3. The lowest BCUT2D eigenvalue weighted by atomic mass is 10.2. The number of rotatable bonds is 4. The second-order valence-electron chi connectivity index (χ2n) is 2.75. The van der Waals surface area contributed by atoms with Crippen molar-refractivity contribution in [2.24, 2.45) is 5.11 Å². The van der Waals surface area contributed by atoms with Crippen molar-refractivity contribution < 1.29 is 0 Å². The predicted octanol–water partition coefficient (Wildman–Crippen LogP) is 2.74. The van der Waals surface area contributed by atoms with Crippen LogP contribution in [-0.4, -0.2) is 11.5 Å². The molecule has 0 radical (unpaired) electrons. The minimum absolute atomic E-state index is 0.195. The molecule has 6 heteroatoms. The summed E-state index contributed by atoms with van der Waals surface area (Å²) in [5.74, 6) is 0. The molecule has 0 amide bonds. The molecule has 15 heavy (non-hydrogen) atoms. The van der Waals surface area contributed by atoms with Gasteiger partial charge in [0.15, 0.2) is 0 Å². The van der Waals surface area contributed by atoms with E-state index in [1.165, 1.54) is 6.20 Å². The van der Waals surface area contributed by atoms with E-state index in [0.29, 0.717) is 23.6 Å². The minimum atomic E-state index is -0.195. The van der Waals surface area contributed by atoms with E-state index in [1.807, 2.05) is 0 Å². The van der Waals surface area contributed by atoms with E-state index in [1.54, 1.807) is 18.2 Å². The maximum absolute atomic E-state index is 11.2. The molecule has 0 spiro atoms. The van der Waals surface area contributed by atoms with Gasteiger partial charge in [-0.1, -0.05) is 28.9 Å². The monoisotopic (exact) mass is 224 g/mol. The maximum atomic E-state index is 11.2. The zero-order valence-corrected chi connectivity index (χ0v) is 8.61. The van der Waals surface area contributed by atoms with Gasteiger partial charge in [-0.2, -0.15) is 0 Å². The van der Waals surface area contributed by atoms with Crippen LogP contribution >= 0.6 is 11.6 Å². The minimum Gasteiger partial charge on any atom is -0.327 e. The number of hydrogen-bond donors (Lipinski definition) is 1. The highest BCUT2D eigenvalue weighted by Crippen LogP contribution is 2.06. The first-order valence-electron chi connectivity index (χ1n) is 4.29. The highest BCUT2D eigenvalue weighted by atomic mass is 35.5. The molecule has 1 aromatic heterocycles. The molecular formula is C9H9ClN4O. The van der Waals surface area contributed by atoms with Crippen LogP contribution in [0.25, 0.3) is 16.5 Å². The normalized spacial score (nSPS) is 10.2. The first-order chi connectivity index (χ1) is 7.24. The second-order valence-corrected chi connectivity index (χ2v) is 3.18. The molecule has 78 valence electrons. The van der Waals surface area contributed by atoms with Crippen LogP contribution in [-0.2, 0) is 0 Å². The van der Waals surface area contributed by atoms with Crippen LogP contribution in [0.4, 0.5) is 0 Å². The van der Waals surface area contributed by atoms with Crippen molar-refractivity contribution in [1.82, 2.24) is 4.98 Å². The number of H-pyrrole nitrogens is 1. The summed E-state index contributed by atoms with van der Waals surface area (Å²) < 4.78 is 0. The van der Waals surface area contributed by atoms with Gasteiger partial charge in [-0.05, 0) is 18.0 Å². The molecule has 0 aliphatic rings. The van der Waals surface area contributed by atoms with E-state index < -0.39 is 0 Å². The molecule has 5 nitrogen and oxygen atoms in total. The third-order valence-electron chi connectivity index (χ3n) is 1.65. The number of halogens is 1. The Hall–Kier alpha value is -1.71. The third kappa shape index (κ3) is 3.89. The number of pyridine rings is 1. The van der Waals surface area contributed by atoms with Crippen molar-refractivity contribution in [3.8, 4) is 0 Å². The van der Waals surface area contributed by atoms with Crippen LogP contribution in [0.15, 0.2) is 28.2 Å². The fourth-order valence-corrected chi connectivity index (χ4v) is 1.16. The van der Waals surface area contributed by atoms with Crippen LogP contribution < -0.4 is 5.56 Å². The van der Waals surface area contributed by atoms with Gasteiger partial charge in [0.05, 0.1) is 5.02 Å². The number of nitrogens with one attached hydrogen (secondary N) is 1. The molecule has 1 rings (SSSR count). The number of azide groups is 1. The summed E-state index contributed by atoms with van der Waals surface area (Å²) in [6.07, 6.45) is 5.43. The zero-order valence-electron chi connectivity index (χ0n) is 7.85. The fourth-order valence-electron chi connectivity index (χ4n) is 0.985. The molecule has 0 bridgehead atoms. The second kappa shape index (κ2) is 5.90. The van der Waals surface area contributed by atoms with E-state index in [4.69, 9.17) is 17.1 Å². The summed E-state index contributed by atoms with van der Waals surface area (Å²) >= 11 is 5.71. The zero-order chi connectivity index (χ0) is 11.1. The number of aromatic nitrogens is 1. The average Bonchev–Trinajstić information content (AvgIpc) is 2.23. The summed E-state index contributed by atoms with van der Waals surface area (Å²) in [5, 5.41) is 3.84. The lowest BCUT2D eigenvalue weighted by Crippen LogP contribution is -2.07. The van der Waals surface area contributed by atoms with E-state index >= 15 is 0 Å². The van der Waals surface area contributed by atoms with E-state index in [9.17, 15) is 4.79 Å². The van der Waals surface area contributed by atoms with Crippen molar-refractivity contribution in [3.63, 3.8) is 0 Å². The molecule has 0 aliphatic carbocycles. The Bertz CT molecular complexity index is 459. The first kappa shape index (κ1) is 11.4. The predicted molar refractivity (Wildman–Crippen MR) is 59.7 cm³/mol. The van der Waals surface area contributed by atoms with E-state index in [2.05, 4.69) is 15.0 Å². The SMILES string of the molecule is [N-]=[N+]=NCCC=Cc1cc(Cl)c[nH]c1=O. The van der Waals surface area contributed by atoms with Gasteiger partial charge < -0.3 is 4.98 Å². The van der Waals surface area contributed by atoms with Gasteiger partial charge in [0, 0.05) is 23.2 Å². The van der Waals surface area contributed by atoms with Gasteiger partial charge >= 0.3 is 0 Å². The number of aromatic amines is 1. The third-order valence-corrected chi connectivity index (χ3v) is 1.87. The van der Waals surface area contributed by atoms with Crippen LogP contribution in [0.1, 0.15) is 12.0 Å². The largest absolute Gasteiger partial charge is 0.327 e. The molecule has 0 saturated heterocycles. The summed E-state index contributed by atoms with van der Waals surface area (Å²) in [7, 11) is 0. The van der Waals surface area contributed by atoms with Crippen molar-refractivity contribution in [1.29, 1.82) is 0 Å². The maximum Gasteiger partial charge on any atom is 0.255 e. The van der Waals surface area contributed by atoms with Gasteiger partial charge in [-0.15, -0.1) is 0 Å². The highest BCUT2D eigenvalue weighted by Gasteiger charge is 1.95. The molecular weight excluding hydrogens is 216 g/mol. The van der Waals surface area contributed by atoms with Gasteiger partial charge in [-0.25, -0.2) is 0 Å². The van der Waals surface area contributed by atoms with Gasteiger partial charge in [-0.3, -0.25) is 4.79 Å². The Labute approximate surface area is 91.0 Å². The Morgan fingerprint density at radius 3 is 3.20 bits per heavy atom. The van der Waals surface area contributed by atoms with Crippen molar-refractivity contribution in [2.45, 2.75) is 6.42 Å². The van der Waals surface area contributed by atoms with Gasteiger partial charge in [0.2, 0.25) is 0 Å². The molecule has 0 unspecified atom stereocenters. The molecule has 1 aromatic rings. The lowest BCUT2D eigenvalue weighted by molar-refractivity contribution is 0.995. The number of hydrogen-bond acceptors (Lipinski definition) is 2. The molecule has 1 N–H and O–H groups in total. The summed E-state index contributed by atoms with van der Waals surface area (Å²) in [6.45, 7) is 0.380. The van der Waals surface area contributed by atoms with Crippen molar-refractivity contribution >= 4 is 17.7 Å². The lowest BCUT2D eigenvalue weighted by Gasteiger charge is -1.93. The standard InChI is InChI=1S/C9H9ClN4O/c10-8-5-7(9(15)12-6-8)3-1-2-4-13-14-11/h1,3,5-6H,2,4H2,(H,12,15). The summed E-state index contributed by atoms with van der Waals surface area (Å²) in [6, 6.07) is 1.57. The van der Waals surface area contributed by atoms with Crippen LogP contribution in [0, 0.1) is 0 Å². The first-order valence-corrected chi connectivity index (χ1v) is 4.67. The Balaban J connectivity index is 2.67. The fraction of sp³-hybridized carbons (Fsp3) is 0.222. The quantitative estimate of drug-likeness (QED) is 0.363. The van der Waals surface area contributed by atoms with Crippen molar-refractivity contribution in [2.75, 3.05) is 6.54 Å². The molecule has 0 fully saturated rings. The van der Waals surface area contributed by atoms with Crippen LogP contribution in [0.3, 0.4) is 0 Å². The Morgan fingerprint density at radius 1 is 1.67 bits per heavy atom. The summed E-state index contributed by atoms with van der Waals surface area (Å²) in [5.41, 5.74) is 8.32. The summed E-state index contributed by atoms with van der Waals surface area (Å²) in [4.78, 5) is 16.4. The molecule has 1 heterocycles. The van der Waals surface area contributed by atoms with E-state index in [-0.39, 0.29) is 5.56 Å².